The Labute approximate surface area is 112 Å². The molecule has 98 valence electrons. The van der Waals surface area contributed by atoms with Crippen molar-refractivity contribution in [3.8, 4) is 5.75 Å². The van der Waals surface area contributed by atoms with Gasteiger partial charge >= 0.3 is 0 Å². The van der Waals surface area contributed by atoms with Gasteiger partial charge in [0.2, 0.25) is 0 Å². The Morgan fingerprint density at radius 3 is 2.44 bits per heavy atom. The van der Waals surface area contributed by atoms with Crippen LogP contribution < -0.4 is 10.5 Å². The Bertz CT molecular complexity index is 428. The molecule has 4 heteroatoms. The second-order valence-corrected chi connectivity index (χ2v) is 5.18. The van der Waals surface area contributed by atoms with E-state index in [1.165, 1.54) is 18.9 Å². The van der Waals surface area contributed by atoms with Crippen molar-refractivity contribution in [3.05, 3.63) is 29.6 Å². The maximum atomic E-state index is 13.8. The molecule has 18 heavy (non-hydrogen) atoms. The van der Waals surface area contributed by atoms with Crippen molar-refractivity contribution in [1.82, 2.24) is 0 Å². The molecule has 0 unspecified atom stereocenters. The summed E-state index contributed by atoms with van der Waals surface area (Å²) in [5.74, 6) is -0.0774. The van der Waals surface area contributed by atoms with Crippen molar-refractivity contribution >= 4 is 17.2 Å². The summed E-state index contributed by atoms with van der Waals surface area (Å²) >= 11 is 4.81. The van der Waals surface area contributed by atoms with Gasteiger partial charge in [0.25, 0.3) is 0 Å². The van der Waals surface area contributed by atoms with E-state index in [-0.39, 0.29) is 16.9 Å². The second-order valence-electron chi connectivity index (χ2n) is 4.74. The van der Waals surface area contributed by atoms with Gasteiger partial charge in [0.15, 0.2) is 11.6 Å². The molecule has 0 bridgehead atoms. The summed E-state index contributed by atoms with van der Waals surface area (Å²) in [6.07, 6.45) is 6.99. The maximum Gasteiger partial charge on any atom is 0.165 e. The number of ether oxygens (including phenoxy) is 1. The smallest absolute Gasteiger partial charge is 0.165 e. The summed E-state index contributed by atoms with van der Waals surface area (Å²) in [6, 6.07) is 4.67. The molecule has 2 rings (SSSR count). The molecule has 0 aliphatic heterocycles. The number of halogens is 1. The van der Waals surface area contributed by atoms with Crippen LogP contribution in [0.5, 0.6) is 5.75 Å². The van der Waals surface area contributed by atoms with Crippen LogP contribution in [0.1, 0.15) is 44.1 Å². The van der Waals surface area contributed by atoms with Crippen LogP contribution in [0.25, 0.3) is 0 Å². The number of hydrogen-bond acceptors (Lipinski definition) is 2. The average molecular weight is 267 g/mol. The first-order valence-electron chi connectivity index (χ1n) is 6.43. The van der Waals surface area contributed by atoms with Gasteiger partial charge in [0.05, 0.1) is 6.10 Å². The van der Waals surface area contributed by atoms with Crippen molar-refractivity contribution in [2.24, 2.45) is 5.73 Å². The number of hydrogen-bond donors (Lipinski definition) is 1. The average Bonchev–Trinajstić information content (AvgIpc) is 2.60. The van der Waals surface area contributed by atoms with Crippen molar-refractivity contribution in [1.29, 1.82) is 0 Å². The topological polar surface area (TPSA) is 35.2 Å². The van der Waals surface area contributed by atoms with Crippen molar-refractivity contribution in [3.63, 3.8) is 0 Å². The van der Waals surface area contributed by atoms with Gasteiger partial charge in [0, 0.05) is 5.56 Å². The third-order valence-electron chi connectivity index (χ3n) is 3.31. The van der Waals surface area contributed by atoms with E-state index < -0.39 is 0 Å². The zero-order chi connectivity index (χ0) is 13.0. The summed E-state index contributed by atoms with van der Waals surface area (Å²) in [7, 11) is 0. The first-order chi connectivity index (χ1) is 8.66. The molecule has 1 fully saturated rings. The van der Waals surface area contributed by atoms with Gasteiger partial charge in [-0.3, -0.25) is 0 Å². The standard InChI is InChI=1S/C14H18FNOS/c15-12-9-10(14(16)18)7-8-13(12)17-11-5-3-1-2-4-6-11/h7-9,11H,1-6H2,(H2,16,18). The molecule has 0 saturated heterocycles. The highest BCUT2D eigenvalue weighted by Crippen LogP contribution is 2.25. The highest BCUT2D eigenvalue weighted by atomic mass is 32.1. The molecule has 1 aromatic rings. The predicted molar refractivity (Wildman–Crippen MR) is 74.4 cm³/mol. The molecule has 0 atom stereocenters. The normalized spacial score (nSPS) is 17.2. The first kappa shape index (κ1) is 13.3. The lowest BCUT2D eigenvalue weighted by molar-refractivity contribution is 0.176. The van der Waals surface area contributed by atoms with Crippen LogP contribution in [-0.2, 0) is 0 Å². The highest BCUT2D eigenvalue weighted by molar-refractivity contribution is 7.80. The molecule has 0 amide bonds. The Kier molecular flexibility index (Phi) is 4.53. The zero-order valence-electron chi connectivity index (χ0n) is 10.3. The molecule has 2 N–H and O–H groups in total. The summed E-state index contributed by atoms with van der Waals surface area (Å²) in [4.78, 5) is 0.204. The molecule has 1 saturated carbocycles. The Morgan fingerprint density at radius 1 is 1.22 bits per heavy atom. The van der Waals surface area contributed by atoms with Crippen LogP contribution in [0.15, 0.2) is 18.2 Å². The third-order valence-corrected chi connectivity index (χ3v) is 3.55. The Morgan fingerprint density at radius 2 is 1.89 bits per heavy atom. The lowest BCUT2D eigenvalue weighted by Crippen LogP contribution is -2.16. The molecule has 0 aromatic heterocycles. The molecule has 1 aliphatic carbocycles. The van der Waals surface area contributed by atoms with Crippen LogP contribution in [0.2, 0.25) is 0 Å². The molecule has 2 nitrogen and oxygen atoms in total. The summed E-state index contributed by atoms with van der Waals surface area (Å²) in [6.45, 7) is 0. The molecule has 1 aromatic carbocycles. The van der Waals surface area contributed by atoms with E-state index in [1.54, 1.807) is 12.1 Å². The number of benzene rings is 1. The quantitative estimate of drug-likeness (QED) is 0.672. The van der Waals surface area contributed by atoms with Crippen molar-refractivity contribution in [2.45, 2.75) is 44.6 Å². The summed E-state index contributed by atoms with van der Waals surface area (Å²) in [5.41, 5.74) is 6.00. The van der Waals surface area contributed by atoms with Gasteiger partial charge < -0.3 is 10.5 Å². The number of rotatable bonds is 3. The zero-order valence-corrected chi connectivity index (χ0v) is 11.1. The van der Waals surface area contributed by atoms with Crippen LogP contribution in [0.4, 0.5) is 4.39 Å². The minimum atomic E-state index is -0.385. The van der Waals surface area contributed by atoms with Crippen molar-refractivity contribution < 1.29 is 9.13 Å². The fourth-order valence-corrected chi connectivity index (χ4v) is 2.42. The van der Waals surface area contributed by atoms with Crippen LogP contribution >= 0.6 is 12.2 Å². The molecular formula is C14H18FNOS. The van der Waals surface area contributed by atoms with Gasteiger partial charge in [-0.05, 0) is 43.9 Å². The lowest BCUT2D eigenvalue weighted by Gasteiger charge is -2.17. The largest absolute Gasteiger partial charge is 0.487 e. The van der Waals surface area contributed by atoms with Crippen LogP contribution in [0, 0.1) is 5.82 Å². The second kappa shape index (κ2) is 6.14. The van der Waals surface area contributed by atoms with Gasteiger partial charge in [-0.1, -0.05) is 25.1 Å². The number of thiocarbonyl (C=S) groups is 1. The van der Waals surface area contributed by atoms with E-state index in [4.69, 9.17) is 22.7 Å². The fraction of sp³-hybridized carbons (Fsp3) is 0.500. The van der Waals surface area contributed by atoms with E-state index in [0.29, 0.717) is 11.3 Å². The molecule has 0 spiro atoms. The monoisotopic (exact) mass is 267 g/mol. The van der Waals surface area contributed by atoms with E-state index in [0.717, 1.165) is 25.7 Å². The maximum absolute atomic E-state index is 13.8. The minimum Gasteiger partial charge on any atom is -0.487 e. The van der Waals surface area contributed by atoms with Gasteiger partial charge in [-0.15, -0.1) is 0 Å². The van der Waals surface area contributed by atoms with Crippen LogP contribution in [0.3, 0.4) is 0 Å². The van der Waals surface area contributed by atoms with Gasteiger partial charge in [0.1, 0.15) is 4.99 Å². The van der Waals surface area contributed by atoms with Gasteiger partial charge in [-0.25, -0.2) is 4.39 Å². The minimum absolute atomic E-state index is 0.137. The van der Waals surface area contributed by atoms with Crippen molar-refractivity contribution in [2.75, 3.05) is 0 Å². The summed E-state index contributed by atoms with van der Waals surface area (Å²) < 4.78 is 19.6. The molecule has 0 heterocycles. The SMILES string of the molecule is NC(=S)c1ccc(OC2CCCCCC2)c(F)c1. The number of nitrogens with two attached hydrogens (primary N) is 1. The van der Waals surface area contributed by atoms with E-state index in [9.17, 15) is 4.39 Å². The third kappa shape index (κ3) is 3.42. The Balaban J connectivity index is 2.06. The molecule has 1 aliphatic rings. The van der Waals surface area contributed by atoms with Gasteiger partial charge in [-0.2, -0.15) is 0 Å². The molecule has 0 radical (unpaired) electrons. The Hall–Kier alpha value is -1.16. The van der Waals surface area contributed by atoms with Crippen LogP contribution in [-0.4, -0.2) is 11.1 Å². The van der Waals surface area contributed by atoms with E-state index in [1.807, 2.05) is 0 Å². The first-order valence-corrected chi connectivity index (χ1v) is 6.83. The lowest BCUT2D eigenvalue weighted by atomic mass is 10.1. The highest BCUT2D eigenvalue weighted by Gasteiger charge is 2.16. The molecular weight excluding hydrogens is 249 g/mol. The van der Waals surface area contributed by atoms with E-state index >= 15 is 0 Å². The summed E-state index contributed by atoms with van der Waals surface area (Å²) in [5, 5.41) is 0. The predicted octanol–water partition coefficient (Wildman–Crippen LogP) is 3.56. The van der Waals surface area contributed by atoms with E-state index in [2.05, 4.69) is 0 Å². The fourth-order valence-electron chi connectivity index (χ4n) is 2.29.